The maximum Gasteiger partial charge on any atom is 0.344 e. The van der Waals surface area contributed by atoms with Crippen LogP contribution in [0.1, 0.15) is 25.2 Å². The minimum atomic E-state index is -0.451. The van der Waals surface area contributed by atoms with Crippen molar-refractivity contribution in [2.75, 3.05) is 13.2 Å². The first-order chi connectivity index (χ1) is 14.0. The highest BCUT2D eigenvalue weighted by Gasteiger charge is 2.10. The normalized spacial score (nSPS) is 11.1. The second kappa shape index (κ2) is 9.47. The van der Waals surface area contributed by atoms with Crippen molar-refractivity contribution < 1.29 is 14.3 Å². The Bertz CT molecular complexity index is 1120. The molecular formula is C21H20BrN3O4. The molecule has 150 valence electrons. The second-order valence-corrected chi connectivity index (χ2v) is 6.95. The van der Waals surface area contributed by atoms with Gasteiger partial charge in [-0.1, -0.05) is 35.0 Å². The van der Waals surface area contributed by atoms with E-state index in [-0.39, 0.29) is 12.2 Å². The summed E-state index contributed by atoms with van der Waals surface area (Å²) in [5.74, 6) is 0.561. The largest absolute Gasteiger partial charge is 0.481 e. The van der Waals surface area contributed by atoms with Crippen LogP contribution in [0, 0.1) is 0 Å². The van der Waals surface area contributed by atoms with Crippen LogP contribution in [0.2, 0.25) is 0 Å². The van der Waals surface area contributed by atoms with E-state index in [4.69, 9.17) is 9.47 Å². The van der Waals surface area contributed by atoms with Crippen molar-refractivity contribution in [1.82, 2.24) is 9.66 Å². The van der Waals surface area contributed by atoms with Gasteiger partial charge in [-0.05, 0) is 37.3 Å². The number of rotatable bonds is 7. The first-order valence-corrected chi connectivity index (χ1v) is 9.95. The van der Waals surface area contributed by atoms with E-state index < -0.39 is 5.97 Å². The third-order valence-electron chi connectivity index (χ3n) is 4.07. The summed E-state index contributed by atoms with van der Waals surface area (Å²) in [4.78, 5) is 29.0. The summed E-state index contributed by atoms with van der Waals surface area (Å²) in [6.07, 6.45) is 2.06. The predicted molar refractivity (Wildman–Crippen MR) is 115 cm³/mol. The van der Waals surface area contributed by atoms with Crippen LogP contribution in [0.25, 0.3) is 10.9 Å². The molecule has 0 aliphatic carbocycles. The Morgan fingerprint density at radius 1 is 1.24 bits per heavy atom. The zero-order chi connectivity index (χ0) is 20.8. The zero-order valence-electron chi connectivity index (χ0n) is 16.1. The number of hydrogen-bond acceptors (Lipinski definition) is 6. The van der Waals surface area contributed by atoms with Crippen LogP contribution in [0.15, 0.2) is 56.8 Å². The molecule has 0 N–H and O–H groups in total. The summed E-state index contributed by atoms with van der Waals surface area (Å²) >= 11 is 3.38. The molecule has 1 heterocycles. The van der Waals surface area contributed by atoms with E-state index >= 15 is 0 Å². The molecule has 1 aromatic heterocycles. The Morgan fingerprint density at radius 2 is 2.03 bits per heavy atom. The van der Waals surface area contributed by atoms with Crippen molar-refractivity contribution >= 4 is 39.0 Å². The Hall–Kier alpha value is -3.00. The van der Waals surface area contributed by atoms with Crippen LogP contribution in [0.3, 0.4) is 0 Å². The number of ether oxygens (including phenoxy) is 2. The fourth-order valence-electron chi connectivity index (χ4n) is 2.72. The number of esters is 1. The van der Waals surface area contributed by atoms with Gasteiger partial charge in [0.2, 0.25) is 0 Å². The third kappa shape index (κ3) is 4.89. The van der Waals surface area contributed by atoms with E-state index in [0.29, 0.717) is 41.1 Å². The van der Waals surface area contributed by atoms with Gasteiger partial charge in [0.05, 0.1) is 23.7 Å². The van der Waals surface area contributed by atoms with E-state index in [1.54, 1.807) is 37.3 Å². The second-order valence-electron chi connectivity index (χ2n) is 6.04. The molecule has 0 saturated heterocycles. The number of halogens is 1. The van der Waals surface area contributed by atoms with E-state index in [1.807, 2.05) is 19.1 Å². The van der Waals surface area contributed by atoms with Gasteiger partial charge in [0.15, 0.2) is 6.61 Å². The molecule has 0 spiro atoms. The lowest BCUT2D eigenvalue weighted by Gasteiger charge is -2.10. The van der Waals surface area contributed by atoms with E-state index in [9.17, 15) is 9.59 Å². The van der Waals surface area contributed by atoms with Crippen LogP contribution in [0.5, 0.6) is 5.75 Å². The van der Waals surface area contributed by atoms with Crippen molar-refractivity contribution in [3.8, 4) is 5.75 Å². The quantitative estimate of drug-likeness (QED) is 0.400. The van der Waals surface area contributed by atoms with Gasteiger partial charge in [-0.2, -0.15) is 9.78 Å². The number of para-hydroxylation sites is 1. The van der Waals surface area contributed by atoms with Crippen LogP contribution < -0.4 is 10.3 Å². The van der Waals surface area contributed by atoms with Gasteiger partial charge < -0.3 is 9.47 Å². The molecule has 0 amide bonds. The summed E-state index contributed by atoms with van der Waals surface area (Å²) in [5, 5.41) is 4.83. The van der Waals surface area contributed by atoms with Crippen molar-refractivity contribution in [1.29, 1.82) is 0 Å². The molecule has 0 atom stereocenters. The molecule has 3 rings (SSSR count). The average Bonchev–Trinajstić information content (AvgIpc) is 2.72. The van der Waals surface area contributed by atoms with Gasteiger partial charge in [-0.3, -0.25) is 4.79 Å². The maximum atomic E-state index is 12.9. The smallest absolute Gasteiger partial charge is 0.344 e. The van der Waals surface area contributed by atoms with Crippen LogP contribution in [-0.4, -0.2) is 35.1 Å². The molecule has 2 aromatic carbocycles. The highest BCUT2D eigenvalue weighted by atomic mass is 79.9. The summed E-state index contributed by atoms with van der Waals surface area (Å²) < 4.78 is 12.5. The maximum absolute atomic E-state index is 12.9. The highest BCUT2D eigenvalue weighted by molar-refractivity contribution is 9.10. The molecule has 0 fully saturated rings. The first kappa shape index (κ1) is 20.7. The number of benzene rings is 2. The Kier molecular flexibility index (Phi) is 6.77. The summed E-state index contributed by atoms with van der Waals surface area (Å²) in [6, 6.07) is 12.5. The first-order valence-electron chi connectivity index (χ1n) is 9.16. The van der Waals surface area contributed by atoms with Crippen molar-refractivity contribution in [2.24, 2.45) is 5.10 Å². The standard InChI is InChI=1S/C21H20BrN3O4/c1-3-19-24-17-10-9-15(22)11-16(17)21(27)25(19)23-12-14-7-5-6-8-18(14)29-13-20(26)28-4-2/h5-12H,3-4,13H2,1-2H3. The molecule has 0 aliphatic rings. The van der Waals surface area contributed by atoms with E-state index in [1.165, 1.54) is 10.9 Å². The molecule has 3 aromatic rings. The van der Waals surface area contributed by atoms with Gasteiger partial charge in [-0.15, -0.1) is 0 Å². The molecule has 29 heavy (non-hydrogen) atoms. The molecule has 7 nitrogen and oxygen atoms in total. The van der Waals surface area contributed by atoms with Gasteiger partial charge in [-0.25, -0.2) is 9.78 Å². The highest BCUT2D eigenvalue weighted by Crippen LogP contribution is 2.18. The number of fused-ring (bicyclic) bond motifs is 1. The van der Waals surface area contributed by atoms with Crippen molar-refractivity contribution in [2.45, 2.75) is 20.3 Å². The topological polar surface area (TPSA) is 82.8 Å². The molecule has 8 heteroatoms. The fraction of sp³-hybridized carbons (Fsp3) is 0.238. The van der Waals surface area contributed by atoms with E-state index in [0.717, 1.165) is 4.47 Å². The fourth-order valence-corrected chi connectivity index (χ4v) is 3.08. The monoisotopic (exact) mass is 457 g/mol. The van der Waals surface area contributed by atoms with Crippen LogP contribution in [-0.2, 0) is 16.0 Å². The van der Waals surface area contributed by atoms with Crippen molar-refractivity contribution in [3.63, 3.8) is 0 Å². The lowest BCUT2D eigenvalue weighted by atomic mass is 10.2. The molecular weight excluding hydrogens is 438 g/mol. The molecule has 0 bridgehead atoms. The van der Waals surface area contributed by atoms with Gasteiger partial charge in [0, 0.05) is 16.5 Å². The summed E-state index contributed by atoms with van der Waals surface area (Å²) in [7, 11) is 0. The van der Waals surface area contributed by atoms with Crippen LogP contribution in [0.4, 0.5) is 0 Å². The predicted octanol–water partition coefficient (Wildman–Crippen LogP) is 3.55. The minimum Gasteiger partial charge on any atom is -0.481 e. The summed E-state index contributed by atoms with van der Waals surface area (Å²) in [6.45, 7) is 3.73. The summed E-state index contributed by atoms with van der Waals surface area (Å²) in [5.41, 5.74) is 0.995. The molecule has 0 saturated carbocycles. The van der Waals surface area contributed by atoms with Gasteiger partial charge in [0.25, 0.3) is 5.56 Å². The molecule has 0 radical (unpaired) electrons. The Balaban J connectivity index is 1.96. The lowest BCUT2D eigenvalue weighted by Crippen LogP contribution is -2.22. The Morgan fingerprint density at radius 3 is 2.79 bits per heavy atom. The zero-order valence-corrected chi connectivity index (χ0v) is 17.7. The van der Waals surface area contributed by atoms with Gasteiger partial charge >= 0.3 is 5.97 Å². The molecule has 0 aliphatic heterocycles. The number of hydrogen-bond donors (Lipinski definition) is 0. The van der Waals surface area contributed by atoms with Crippen molar-refractivity contribution in [3.05, 3.63) is 68.7 Å². The third-order valence-corrected chi connectivity index (χ3v) is 4.57. The number of carbonyl (C=O) groups excluding carboxylic acids is 1. The number of aromatic nitrogens is 2. The lowest BCUT2D eigenvalue weighted by molar-refractivity contribution is -0.145. The molecule has 0 unspecified atom stereocenters. The SMILES string of the molecule is CCOC(=O)COc1ccccc1C=Nn1c(CC)nc2ccc(Br)cc2c1=O. The minimum absolute atomic E-state index is 0.204. The Labute approximate surface area is 176 Å². The number of nitrogens with zero attached hydrogens (tertiary/aromatic N) is 3. The number of carbonyl (C=O) groups is 1. The van der Waals surface area contributed by atoms with E-state index in [2.05, 4.69) is 26.0 Å². The average molecular weight is 458 g/mol. The number of aryl methyl sites for hydroxylation is 1. The van der Waals surface area contributed by atoms with Crippen LogP contribution >= 0.6 is 15.9 Å². The van der Waals surface area contributed by atoms with Gasteiger partial charge in [0.1, 0.15) is 11.6 Å².